The lowest BCUT2D eigenvalue weighted by Gasteiger charge is -2.39. The summed E-state index contributed by atoms with van der Waals surface area (Å²) in [6.07, 6.45) is -2.86. The van der Waals surface area contributed by atoms with Gasteiger partial charge in [-0.2, -0.15) is 0 Å². The van der Waals surface area contributed by atoms with Gasteiger partial charge in [-0.3, -0.25) is 4.79 Å². The summed E-state index contributed by atoms with van der Waals surface area (Å²) in [4.78, 5) is 23.4. The molecule has 1 heterocycles. The molecule has 3 N–H and O–H groups in total. The maximum atomic E-state index is 12.2. The molecule has 120 valence electrons. The zero-order valence-corrected chi connectivity index (χ0v) is 12.1. The summed E-state index contributed by atoms with van der Waals surface area (Å²) >= 11 is 0. The van der Waals surface area contributed by atoms with Crippen LogP contribution in [0.25, 0.3) is 0 Å². The van der Waals surface area contributed by atoms with Gasteiger partial charge in [0.2, 0.25) is 5.91 Å². The highest BCUT2D eigenvalue weighted by Gasteiger charge is 2.41. The predicted molar refractivity (Wildman–Crippen MR) is 75.8 cm³/mol. The molecule has 0 saturated carbocycles. The van der Waals surface area contributed by atoms with Crippen molar-refractivity contribution >= 4 is 11.9 Å². The van der Waals surface area contributed by atoms with E-state index in [4.69, 9.17) is 9.47 Å². The third kappa shape index (κ3) is 4.03. The molecule has 0 radical (unpaired) electrons. The molecule has 4 atom stereocenters. The summed E-state index contributed by atoms with van der Waals surface area (Å²) in [6, 6.07) is 7.74. The Morgan fingerprint density at radius 3 is 2.64 bits per heavy atom. The maximum absolute atomic E-state index is 12.2. The fourth-order valence-electron chi connectivity index (χ4n) is 2.42. The van der Waals surface area contributed by atoms with Gasteiger partial charge in [-0.25, -0.2) is 4.79 Å². The van der Waals surface area contributed by atoms with Crippen LogP contribution in [-0.2, 0) is 14.3 Å². The standard InChI is InChI=1S/C15H19NO6/c1-9(18)16-11-7-13(19)21-12(8-17)14(11)22-15(20)10-5-3-2-4-6-10/h2-6,11-14,17,19H,7-8H2,1H3,(H,16,18). The first kappa shape index (κ1) is 16.4. The van der Waals surface area contributed by atoms with Crippen LogP contribution in [0.2, 0.25) is 0 Å². The van der Waals surface area contributed by atoms with Gasteiger partial charge in [0.05, 0.1) is 18.2 Å². The molecule has 1 aromatic rings. The molecular formula is C15H19NO6. The van der Waals surface area contributed by atoms with Gasteiger partial charge in [-0.05, 0) is 12.1 Å². The summed E-state index contributed by atoms with van der Waals surface area (Å²) in [5.74, 6) is -0.907. The highest BCUT2D eigenvalue weighted by atomic mass is 16.6. The van der Waals surface area contributed by atoms with E-state index in [1.54, 1.807) is 30.3 Å². The molecule has 0 bridgehead atoms. The van der Waals surface area contributed by atoms with Gasteiger partial charge in [-0.1, -0.05) is 18.2 Å². The molecule has 1 aliphatic rings. The number of hydrogen-bond donors (Lipinski definition) is 3. The SMILES string of the molecule is CC(=O)NC1CC(O)OC(CO)C1OC(=O)c1ccccc1. The van der Waals surface area contributed by atoms with Crippen LogP contribution in [0.1, 0.15) is 23.7 Å². The number of carbonyl (C=O) groups excluding carboxylic acids is 2. The second-order valence-electron chi connectivity index (χ2n) is 5.09. The van der Waals surface area contributed by atoms with E-state index >= 15 is 0 Å². The number of esters is 1. The fourth-order valence-corrected chi connectivity index (χ4v) is 2.42. The maximum Gasteiger partial charge on any atom is 0.338 e. The Bertz CT molecular complexity index is 520. The molecule has 1 aliphatic heterocycles. The topological polar surface area (TPSA) is 105 Å². The van der Waals surface area contributed by atoms with Crippen molar-refractivity contribution < 1.29 is 29.3 Å². The third-order valence-corrected chi connectivity index (χ3v) is 3.37. The highest BCUT2D eigenvalue weighted by molar-refractivity contribution is 5.89. The predicted octanol–water partition coefficient (Wildman–Crippen LogP) is -0.184. The molecule has 22 heavy (non-hydrogen) atoms. The average Bonchev–Trinajstić information content (AvgIpc) is 2.49. The van der Waals surface area contributed by atoms with E-state index in [2.05, 4.69) is 5.32 Å². The molecule has 1 amide bonds. The Labute approximate surface area is 127 Å². The van der Waals surface area contributed by atoms with Gasteiger partial charge >= 0.3 is 5.97 Å². The van der Waals surface area contributed by atoms with Gasteiger partial charge in [0.1, 0.15) is 6.10 Å². The minimum atomic E-state index is -1.14. The number of hydrogen-bond acceptors (Lipinski definition) is 6. The molecule has 1 fully saturated rings. The number of nitrogens with one attached hydrogen (secondary N) is 1. The lowest BCUT2D eigenvalue weighted by Crippen LogP contribution is -2.58. The zero-order valence-electron chi connectivity index (χ0n) is 12.1. The smallest absolute Gasteiger partial charge is 0.338 e. The Balaban J connectivity index is 2.15. The number of rotatable bonds is 4. The highest BCUT2D eigenvalue weighted by Crippen LogP contribution is 2.23. The van der Waals surface area contributed by atoms with Gasteiger partial charge < -0.3 is 25.0 Å². The molecule has 0 aromatic heterocycles. The molecule has 1 saturated heterocycles. The average molecular weight is 309 g/mol. The Morgan fingerprint density at radius 2 is 2.05 bits per heavy atom. The van der Waals surface area contributed by atoms with E-state index in [1.165, 1.54) is 6.92 Å². The van der Waals surface area contributed by atoms with Gasteiger partial charge in [0.25, 0.3) is 0 Å². The van der Waals surface area contributed by atoms with Crippen molar-refractivity contribution in [2.45, 2.75) is 37.9 Å². The zero-order chi connectivity index (χ0) is 16.1. The lowest BCUT2D eigenvalue weighted by atomic mass is 9.98. The summed E-state index contributed by atoms with van der Waals surface area (Å²) < 4.78 is 10.6. The van der Waals surface area contributed by atoms with Gasteiger partial charge in [0, 0.05) is 13.3 Å². The lowest BCUT2D eigenvalue weighted by molar-refractivity contribution is -0.217. The van der Waals surface area contributed by atoms with E-state index in [9.17, 15) is 19.8 Å². The largest absolute Gasteiger partial charge is 0.454 e. The molecule has 1 aromatic carbocycles. The van der Waals surface area contributed by atoms with Crippen molar-refractivity contribution in [2.24, 2.45) is 0 Å². The molecule has 7 nitrogen and oxygen atoms in total. The van der Waals surface area contributed by atoms with Crippen LogP contribution in [0, 0.1) is 0 Å². The van der Waals surface area contributed by atoms with E-state index in [-0.39, 0.29) is 12.3 Å². The molecule has 0 aliphatic carbocycles. The van der Waals surface area contributed by atoms with Crippen LogP contribution in [0.15, 0.2) is 30.3 Å². The monoisotopic (exact) mass is 309 g/mol. The van der Waals surface area contributed by atoms with Gasteiger partial charge in [0.15, 0.2) is 12.4 Å². The Kier molecular flexibility index (Phi) is 5.48. The van der Waals surface area contributed by atoms with Crippen molar-refractivity contribution in [1.29, 1.82) is 0 Å². The van der Waals surface area contributed by atoms with Crippen molar-refractivity contribution in [1.82, 2.24) is 5.32 Å². The minimum Gasteiger partial charge on any atom is -0.454 e. The number of aliphatic hydroxyl groups is 2. The van der Waals surface area contributed by atoms with E-state index < -0.39 is 37.1 Å². The first-order valence-electron chi connectivity index (χ1n) is 6.98. The normalized spacial score (nSPS) is 28.0. The molecule has 7 heteroatoms. The van der Waals surface area contributed by atoms with Crippen molar-refractivity contribution in [3.63, 3.8) is 0 Å². The first-order chi connectivity index (χ1) is 10.5. The summed E-state index contributed by atoms with van der Waals surface area (Å²) in [5, 5.41) is 21.6. The minimum absolute atomic E-state index is 0.0722. The van der Waals surface area contributed by atoms with E-state index in [0.29, 0.717) is 5.56 Å². The summed E-state index contributed by atoms with van der Waals surface area (Å²) in [6.45, 7) is 0.881. The van der Waals surface area contributed by atoms with Crippen molar-refractivity contribution in [3.05, 3.63) is 35.9 Å². The van der Waals surface area contributed by atoms with Crippen molar-refractivity contribution in [2.75, 3.05) is 6.61 Å². The molecule has 4 unspecified atom stereocenters. The number of amides is 1. The van der Waals surface area contributed by atoms with Crippen LogP contribution < -0.4 is 5.32 Å². The Hall–Kier alpha value is -1.96. The third-order valence-electron chi connectivity index (χ3n) is 3.37. The van der Waals surface area contributed by atoms with Crippen LogP contribution in [0.4, 0.5) is 0 Å². The van der Waals surface area contributed by atoms with Gasteiger partial charge in [-0.15, -0.1) is 0 Å². The molecule has 0 spiro atoms. The quantitative estimate of drug-likeness (QED) is 0.666. The first-order valence-corrected chi connectivity index (χ1v) is 6.98. The van der Waals surface area contributed by atoms with E-state index in [1.807, 2.05) is 0 Å². The van der Waals surface area contributed by atoms with Crippen LogP contribution in [0.5, 0.6) is 0 Å². The number of benzene rings is 1. The number of ether oxygens (including phenoxy) is 2. The van der Waals surface area contributed by atoms with Crippen molar-refractivity contribution in [3.8, 4) is 0 Å². The Morgan fingerprint density at radius 1 is 1.36 bits per heavy atom. The molecule has 2 rings (SSSR count). The number of aliphatic hydroxyl groups excluding tert-OH is 2. The fraction of sp³-hybridized carbons (Fsp3) is 0.467. The van der Waals surface area contributed by atoms with E-state index in [0.717, 1.165) is 0 Å². The summed E-state index contributed by atoms with van der Waals surface area (Å²) in [5.41, 5.74) is 0.354. The van der Waals surface area contributed by atoms with Crippen LogP contribution in [-0.4, -0.2) is 53.2 Å². The molecular weight excluding hydrogens is 290 g/mol. The van der Waals surface area contributed by atoms with Crippen LogP contribution >= 0.6 is 0 Å². The second-order valence-corrected chi connectivity index (χ2v) is 5.09. The van der Waals surface area contributed by atoms with Crippen LogP contribution in [0.3, 0.4) is 0 Å². The summed E-state index contributed by atoms with van der Waals surface area (Å²) in [7, 11) is 0. The number of carbonyl (C=O) groups is 2. The second kappa shape index (κ2) is 7.35.